The lowest BCUT2D eigenvalue weighted by Gasteiger charge is -2.04. The van der Waals surface area contributed by atoms with Gasteiger partial charge in [0.05, 0.1) is 6.54 Å². The number of nitrogens with one attached hydrogen (secondary N) is 1. The summed E-state index contributed by atoms with van der Waals surface area (Å²) >= 11 is 1.50. The van der Waals surface area contributed by atoms with Gasteiger partial charge >= 0.3 is 0 Å². The number of halogens is 1. The van der Waals surface area contributed by atoms with Crippen molar-refractivity contribution in [3.8, 4) is 0 Å². The molecular weight excluding hydrogens is 251 g/mol. The lowest BCUT2D eigenvalue weighted by molar-refractivity contribution is -0.121. The average molecular weight is 264 g/mol. The summed E-state index contributed by atoms with van der Waals surface area (Å²) in [6.07, 6.45) is 2.40. The van der Waals surface area contributed by atoms with E-state index in [4.69, 9.17) is 0 Å². The van der Waals surface area contributed by atoms with E-state index >= 15 is 0 Å². The molecule has 1 aromatic heterocycles. The van der Waals surface area contributed by atoms with Crippen LogP contribution in [0.15, 0.2) is 35.8 Å². The van der Waals surface area contributed by atoms with Crippen LogP contribution in [-0.4, -0.2) is 10.9 Å². The second-order valence-electron chi connectivity index (χ2n) is 3.79. The van der Waals surface area contributed by atoms with Crippen LogP contribution in [0.3, 0.4) is 0 Å². The fraction of sp³-hybridized carbons (Fsp3) is 0.231. The second-order valence-corrected chi connectivity index (χ2v) is 4.77. The molecule has 0 saturated heterocycles. The van der Waals surface area contributed by atoms with E-state index in [1.165, 1.54) is 17.4 Å². The quantitative estimate of drug-likeness (QED) is 0.901. The summed E-state index contributed by atoms with van der Waals surface area (Å²) in [7, 11) is 0. The third-order valence-electron chi connectivity index (χ3n) is 2.50. The van der Waals surface area contributed by atoms with Crippen LogP contribution in [0.5, 0.6) is 0 Å². The first-order valence-electron chi connectivity index (χ1n) is 5.64. The summed E-state index contributed by atoms with van der Waals surface area (Å²) < 4.78 is 13.3. The Labute approximate surface area is 109 Å². The van der Waals surface area contributed by atoms with E-state index < -0.39 is 0 Å². The van der Waals surface area contributed by atoms with Gasteiger partial charge in [0.1, 0.15) is 10.8 Å². The Morgan fingerprint density at radius 2 is 2.22 bits per heavy atom. The molecule has 0 bridgehead atoms. The first-order chi connectivity index (χ1) is 8.75. The normalized spacial score (nSPS) is 10.3. The van der Waals surface area contributed by atoms with Gasteiger partial charge < -0.3 is 5.32 Å². The molecule has 3 nitrogen and oxygen atoms in total. The summed E-state index contributed by atoms with van der Waals surface area (Å²) in [5.74, 6) is -0.348. The molecule has 1 amide bonds. The number of carbonyl (C=O) groups excluding carboxylic acids is 1. The van der Waals surface area contributed by atoms with Crippen molar-refractivity contribution in [2.75, 3.05) is 0 Å². The maximum Gasteiger partial charge on any atom is 0.220 e. The first kappa shape index (κ1) is 12.7. The summed E-state index contributed by atoms with van der Waals surface area (Å²) in [6, 6.07) is 6.51. The molecular formula is C13H13FN2OS. The van der Waals surface area contributed by atoms with Crippen LogP contribution in [0.2, 0.25) is 0 Å². The highest BCUT2D eigenvalue weighted by Gasteiger charge is 2.06. The second kappa shape index (κ2) is 6.26. The zero-order valence-corrected chi connectivity index (χ0v) is 10.5. The number of aromatic nitrogens is 1. The largest absolute Gasteiger partial charge is 0.350 e. The van der Waals surface area contributed by atoms with E-state index in [1.807, 2.05) is 5.38 Å². The number of aryl methyl sites for hydroxylation is 1. The molecule has 0 aliphatic heterocycles. The van der Waals surface area contributed by atoms with Gasteiger partial charge in [0, 0.05) is 18.0 Å². The molecule has 0 radical (unpaired) electrons. The first-order valence-corrected chi connectivity index (χ1v) is 6.52. The zero-order valence-electron chi connectivity index (χ0n) is 9.73. The predicted molar refractivity (Wildman–Crippen MR) is 68.7 cm³/mol. The van der Waals surface area contributed by atoms with Gasteiger partial charge in [-0.2, -0.15) is 0 Å². The molecule has 0 atom stereocenters. The molecule has 2 aromatic rings. The minimum Gasteiger partial charge on any atom is -0.350 e. The van der Waals surface area contributed by atoms with E-state index in [-0.39, 0.29) is 18.1 Å². The molecule has 2 rings (SSSR count). The molecule has 1 heterocycles. The van der Waals surface area contributed by atoms with Gasteiger partial charge in [-0.05, 0) is 18.1 Å². The van der Waals surface area contributed by atoms with Gasteiger partial charge in [0.25, 0.3) is 0 Å². The van der Waals surface area contributed by atoms with E-state index in [0.29, 0.717) is 18.5 Å². The molecule has 0 fully saturated rings. The predicted octanol–water partition coefficient (Wildman–Crippen LogP) is 2.53. The highest BCUT2D eigenvalue weighted by Crippen LogP contribution is 2.09. The molecule has 0 spiro atoms. The van der Waals surface area contributed by atoms with Crippen molar-refractivity contribution in [1.29, 1.82) is 0 Å². The Kier molecular flexibility index (Phi) is 4.41. The molecule has 0 saturated carbocycles. The van der Waals surface area contributed by atoms with Crippen LogP contribution >= 0.6 is 11.3 Å². The number of hydrogen-bond donors (Lipinski definition) is 1. The molecule has 0 aliphatic rings. The monoisotopic (exact) mass is 264 g/mol. The Balaban J connectivity index is 1.77. The minimum absolute atomic E-state index is 0.0894. The van der Waals surface area contributed by atoms with E-state index in [2.05, 4.69) is 10.3 Å². The zero-order chi connectivity index (χ0) is 12.8. The summed E-state index contributed by atoms with van der Waals surface area (Å²) in [5, 5.41) is 5.49. The molecule has 5 heteroatoms. The third-order valence-corrected chi connectivity index (χ3v) is 3.28. The maximum atomic E-state index is 13.3. The Hall–Kier alpha value is -1.75. The number of hydrogen-bond acceptors (Lipinski definition) is 3. The van der Waals surface area contributed by atoms with Gasteiger partial charge in [0.2, 0.25) is 5.91 Å². The van der Waals surface area contributed by atoms with Crippen molar-refractivity contribution in [3.63, 3.8) is 0 Å². The lowest BCUT2D eigenvalue weighted by atomic mass is 10.1. The Morgan fingerprint density at radius 3 is 2.94 bits per heavy atom. The smallest absolute Gasteiger partial charge is 0.220 e. The third kappa shape index (κ3) is 3.63. The molecule has 18 heavy (non-hydrogen) atoms. The average Bonchev–Trinajstić information content (AvgIpc) is 2.88. The van der Waals surface area contributed by atoms with Crippen LogP contribution < -0.4 is 5.32 Å². The van der Waals surface area contributed by atoms with Crippen molar-refractivity contribution < 1.29 is 9.18 Å². The van der Waals surface area contributed by atoms with Gasteiger partial charge in [0.15, 0.2) is 0 Å². The summed E-state index contributed by atoms with van der Waals surface area (Å²) in [4.78, 5) is 15.6. The fourth-order valence-electron chi connectivity index (χ4n) is 1.55. The van der Waals surface area contributed by atoms with Crippen molar-refractivity contribution >= 4 is 17.2 Å². The van der Waals surface area contributed by atoms with Gasteiger partial charge in [-0.1, -0.05) is 18.2 Å². The molecule has 0 aliphatic carbocycles. The van der Waals surface area contributed by atoms with Gasteiger partial charge in [-0.25, -0.2) is 9.37 Å². The number of rotatable bonds is 5. The Morgan fingerprint density at radius 1 is 1.39 bits per heavy atom. The Bertz CT molecular complexity index is 513. The lowest BCUT2D eigenvalue weighted by Crippen LogP contribution is -2.23. The van der Waals surface area contributed by atoms with E-state index in [1.54, 1.807) is 24.4 Å². The summed E-state index contributed by atoms with van der Waals surface area (Å²) in [5.41, 5.74) is 0.571. The van der Waals surface area contributed by atoms with Crippen LogP contribution in [0.1, 0.15) is 17.0 Å². The minimum atomic E-state index is -0.259. The van der Waals surface area contributed by atoms with E-state index in [0.717, 1.165) is 5.01 Å². The topological polar surface area (TPSA) is 42.0 Å². The highest BCUT2D eigenvalue weighted by atomic mass is 32.1. The number of benzene rings is 1. The van der Waals surface area contributed by atoms with Crippen molar-refractivity contribution in [3.05, 3.63) is 52.2 Å². The van der Waals surface area contributed by atoms with Crippen molar-refractivity contribution in [2.24, 2.45) is 0 Å². The highest BCUT2D eigenvalue weighted by molar-refractivity contribution is 7.09. The molecule has 0 unspecified atom stereocenters. The number of carbonyl (C=O) groups is 1. The van der Waals surface area contributed by atoms with Crippen LogP contribution in [0.25, 0.3) is 0 Å². The van der Waals surface area contributed by atoms with Crippen molar-refractivity contribution in [2.45, 2.75) is 19.4 Å². The standard InChI is InChI=1S/C13H13FN2OS/c14-11-4-2-1-3-10(11)5-6-12(17)16-9-13-15-7-8-18-13/h1-4,7-8H,5-6,9H2,(H,16,17). The maximum absolute atomic E-state index is 13.3. The fourth-order valence-corrected chi connectivity index (χ4v) is 2.11. The van der Waals surface area contributed by atoms with Crippen LogP contribution in [0, 0.1) is 5.82 Å². The van der Waals surface area contributed by atoms with Gasteiger partial charge in [-0.15, -0.1) is 11.3 Å². The molecule has 1 aromatic carbocycles. The number of amides is 1. The van der Waals surface area contributed by atoms with Gasteiger partial charge in [-0.3, -0.25) is 4.79 Å². The number of thiazole rings is 1. The SMILES string of the molecule is O=C(CCc1ccccc1F)NCc1nccs1. The molecule has 94 valence electrons. The van der Waals surface area contributed by atoms with Crippen molar-refractivity contribution in [1.82, 2.24) is 10.3 Å². The number of nitrogens with zero attached hydrogens (tertiary/aromatic N) is 1. The summed E-state index contributed by atoms with van der Waals surface area (Å²) in [6.45, 7) is 0.438. The van der Waals surface area contributed by atoms with Crippen LogP contribution in [0.4, 0.5) is 4.39 Å². The molecule has 1 N–H and O–H groups in total. The van der Waals surface area contributed by atoms with Crippen LogP contribution in [-0.2, 0) is 17.8 Å². The van der Waals surface area contributed by atoms with E-state index in [9.17, 15) is 9.18 Å².